The van der Waals surface area contributed by atoms with Crippen molar-refractivity contribution in [1.29, 1.82) is 0 Å². The molecule has 18 heavy (non-hydrogen) atoms. The van der Waals surface area contributed by atoms with Crippen LogP contribution in [0, 0.1) is 6.92 Å². The maximum absolute atomic E-state index is 12.0. The van der Waals surface area contributed by atoms with E-state index < -0.39 is 12.8 Å². The van der Waals surface area contributed by atoms with Gasteiger partial charge in [0.1, 0.15) is 6.61 Å². The van der Waals surface area contributed by atoms with Crippen LogP contribution in [0.3, 0.4) is 0 Å². The van der Waals surface area contributed by atoms with Crippen molar-refractivity contribution in [3.63, 3.8) is 0 Å². The summed E-state index contributed by atoms with van der Waals surface area (Å²) in [5, 5.41) is 5.16. The second kappa shape index (κ2) is 7.11. The van der Waals surface area contributed by atoms with Crippen LogP contribution in [0.4, 0.5) is 13.2 Å². The molecule has 104 valence electrons. The van der Waals surface area contributed by atoms with Gasteiger partial charge in [-0.1, -0.05) is 6.92 Å². The third kappa shape index (κ3) is 5.37. The minimum absolute atomic E-state index is 0.0425. The second-order valence-corrected chi connectivity index (χ2v) is 5.05. The van der Waals surface area contributed by atoms with Crippen LogP contribution in [0.1, 0.15) is 29.8 Å². The Bertz CT molecular complexity index is 351. The Morgan fingerprint density at radius 2 is 2.17 bits per heavy atom. The summed E-state index contributed by atoms with van der Waals surface area (Å²) in [4.78, 5) is 1.05. The Labute approximate surface area is 109 Å². The van der Waals surface area contributed by atoms with Crippen LogP contribution in [0.25, 0.3) is 0 Å². The van der Waals surface area contributed by atoms with E-state index in [-0.39, 0.29) is 12.6 Å². The molecular formula is C12H18F3NOS. The van der Waals surface area contributed by atoms with E-state index in [2.05, 4.69) is 5.32 Å². The molecule has 0 aliphatic carbocycles. The highest BCUT2D eigenvalue weighted by atomic mass is 32.1. The fraction of sp³-hybridized carbons (Fsp3) is 0.667. The number of thiophene rings is 1. The van der Waals surface area contributed by atoms with Crippen molar-refractivity contribution in [2.45, 2.75) is 32.5 Å². The quantitative estimate of drug-likeness (QED) is 0.823. The van der Waals surface area contributed by atoms with Crippen LogP contribution >= 0.6 is 11.3 Å². The average molecular weight is 281 g/mol. The van der Waals surface area contributed by atoms with E-state index in [0.717, 1.165) is 23.4 Å². The summed E-state index contributed by atoms with van der Waals surface area (Å²) in [6.07, 6.45) is -3.33. The molecule has 1 unspecified atom stereocenters. The first-order valence-corrected chi connectivity index (χ1v) is 6.74. The molecule has 0 saturated carbocycles. The van der Waals surface area contributed by atoms with Crippen molar-refractivity contribution < 1.29 is 17.9 Å². The number of aryl methyl sites for hydroxylation is 1. The van der Waals surface area contributed by atoms with Crippen LogP contribution < -0.4 is 5.32 Å². The number of ether oxygens (including phenoxy) is 1. The first-order valence-electron chi connectivity index (χ1n) is 5.86. The summed E-state index contributed by atoms with van der Waals surface area (Å²) in [6.45, 7) is 3.58. The molecule has 1 heterocycles. The van der Waals surface area contributed by atoms with Crippen LogP contribution in [-0.4, -0.2) is 25.9 Å². The Morgan fingerprint density at radius 1 is 1.44 bits per heavy atom. The normalized spacial score (nSPS) is 13.8. The zero-order valence-corrected chi connectivity index (χ0v) is 11.3. The number of rotatable bonds is 7. The molecule has 0 fully saturated rings. The van der Waals surface area contributed by atoms with E-state index in [0.29, 0.717) is 0 Å². The molecule has 1 N–H and O–H groups in total. The van der Waals surface area contributed by atoms with Crippen LogP contribution in [0.5, 0.6) is 0 Å². The van der Waals surface area contributed by atoms with E-state index in [9.17, 15) is 13.2 Å². The summed E-state index contributed by atoms with van der Waals surface area (Å²) >= 11 is 1.54. The monoisotopic (exact) mass is 281 g/mol. The number of nitrogens with one attached hydrogen (secondary N) is 1. The van der Waals surface area contributed by atoms with Gasteiger partial charge >= 0.3 is 6.18 Å². The van der Waals surface area contributed by atoms with Gasteiger partial charge in [0, 0.05) is 4.88 Å². The first kappa shape index (κ1) is 15.5. The molecule has 0 aromatic carbocycles. The first-order chi connectivity index (χ1) is 8.44. The van der Waals surface area contributed by atoms with Crippen LogP contribution in [0.15, 0.2) is 11.4 Å². The summed E-state index contributed by atoms with van der Waals surface area (Å²) in [6, 6.07) is 1.80. The fourth-order valence-electron chi connectivity index (χ4n) is 1.58. The largest absolute Gasteiger partial charge is 0.411 e. The average Bonchev–Trinajstić information content (AvgIpc) is 2.68. The standard InChI is InChI=1S/C12H18F3NOS/c1-3-5-16-10(7-17-8-12(13,14)15)11-9(2)4-6-18-11/h4,6,10,16H,3,5,7-8H2,1-2H3. The van der Waals surface area contributed by atoms with Crippen molar-refractivity contribution in [3.05, 3.63) is 21.9 Å². The third-order valence-electron chi connectivity index (χ3n) is 2.41. The Hall–Kier alpha value is -0.590. The minimum Gasteiger partial charge on any atom is -0.370 e. The van der Waals surface area contributed by atoms with Gasteiger partial charge in [-0.2, -0.15) is 13.2 Å². The van der Waals surface area contributed by atoms with Gasteiger partial charge < -0.3 is 10.1 Å². The van der Waals surface area contributed by atoms with Crippen LogP contribution in [-0.2, 0) is 4.74 Å². The highest BCUT2D eigenvalue weighted by molar-refractivity contribution is 7.10. The molecule has 0 radical (unpaired) electrons. The van der Waals surface area contributed by atoms with Crippen molar-refractivity contribution in [1.82, 2.24) is 5.32 Å². The second-order valence-electron chi connectivity index (χ2n) is 4.10. The Balaban J connectivity index is 2.54. The zero-order chi connectivity index (χ0) is 13.6. The highest BCUT2D eigenvalue weighted by Crippen LogP contribution is 2.25. The molecule has 1 rings (SSSR count). The summed E-state index contributed by atoms with van der Waals surface area (Å²) in [5.41, 5.74) is 1.09. The van der Waals surface area contributed by atoms with E-state index in [1.54, 1.807) is 11.3 Å². The fourth-order valence-corrected chi connectivity index (χ4v) is 2.57. The minimum atomic E-state index is -4.26. The molecule has 0 saturated heterocycles. The molecule has 0 bridgehead atoms. The maximum atomic E-state index is 12.0. The van der Waals surface area contributed by atoms with Gasteiger partial charge in [0.05, 0.1) is 12.6 Å². The van der Waals surface area contributed by atoms with Crippen molar-refractivity contribution in [2.75, 3.05) is 19.8 Å². The van der Waals surface area contributed by atoms with Gasteiger partial charge in [-0.15, -0.1) is 11.3 Å². The maximum Gasteiger partial charge on any atom is 0.411 e. The van der Waals surface area contributed by atoms with E-state index in [1.807, 2.05) is 25.3 Å². The van der Waals surface area contributed by atoms with E-state index >= 15 is 0 Å². The molecule has 0 spiro atoms. The molecule has 1 aromatic rings. The zero-order valence-electron chi connectivity index (χ0n) is 10.5. The molecule has 0 aliphatic heterocycles. The van der Waals surface area contributed by atoms with Crippen molar-refractivity contribution in [2.24, 2.45) is 0 Å². The molecule has 0 aliphatic rings. The van der Waals surface area contributed by atoms with Gasteiger partial charge in [0.15, 0.2) is 0 Å². The molecule has 6 heteroatoms. The van der Waals surface area contributed by atoms with Crippen molar-refractivity contribution in [3.8, 4) is 0 Å². The number of hydrogen-bond acceptors (Lipinski definition) is 3. The number of halogens is 3. The summed E-state index contributed by atoms with van der Waals surface area (Å²) in [7, 11) is 0. The molecule has 1 aromatic heterocycles. The molecular weight excluding hydrogens is 263 g/mol. The SMILES string of the molecule is CCCNC(COCC(F)(F)F)c1sccc1C. The van der Waals surface area contributed by atoms with Gasteiger partial charge in [0.25, 0.3) is 0 Å². The smallest absolute Gasteiger partial charge is 0.370 e. The lowest BCUT2D eigenvalue weighted by molar-refractivity contribution is -0.175. The lowest BCUT2D eigenvalue weighted by atomic mass is 10.2. The Kier molecular flexibility index (Phi) is 6.11. The molecule has 0 amide bonds. The van der Waals surface area contributed by atoms with Gasteiger partial charge in [-0.05, 0) is 36.9 Å². The van der Waals surface area contributed by atoms with Crippen molar-refractivity contribution >= 4 is 11.3 Å². The van der Waals surface area contributed by atoms with E-state index in [4.69, 9.17) is 4.74 Å². The third-order valence-corrected chi connectivity index (χ3v) is 3.54. The van der Waals surface area contributed by atoms with Gasteiger partial charge in [0.2, 0.25) is 0 Å². The predicted octanol–water partition coefficient (Wildman–Crippen LogP) is 3.68. The molecule has 2 nitrogen and oxygen atoms in total. The van der Waals surface area contributed by atoms with Gasteiger partial charge in [-0.25, -0.2) is 0 Å². The van der Waals surface area contributed by atoms with Gasteiger partial charge in [-0.3, -0.25) is 0 Å². The Morgan fingerprint density at radius 3 is 2.67 bits per heavy atom. The lowest BCUT2D eigenvalue weighted by Crippen LogP contribution is -2.28. The summed E-state index contributed by atoms with van der Waals surface area (Å²) < 4.78 is 40.9. The number of hydrogen-bond donors (Lipinski definition) is 1. The highest BCUT2D eigenvalue weighted by Gasteiger charge is 2.28. The topological polar surface area (TPSA) is 21.3 Å². The number of alkyl halides is 3. The lowest BCUT2D eigenvalue weighted by Gasteiger charge is -2.19. The predicted molar refractivity (Wildman–Crippen MR) is 67.0 cm³/mol. The molecule has 1 atom stereocenters. The van der Waals surface area contributed by atoms with E-state index in [1.165, 1.54) is 0 Å². The summed E-state index contributed by atoms with van der Waals surface area (Å²) in [5.74, 6) is 0. The van der Waals surface area contributed by atoms with Crippen LogP contribution in [0.2, 0.25) is 0 Å².